The van der Waals surface area contributed by atoms with E-state index in [1.54, 1.807) is 31.3 Å². The fourth-order valence-electron chi connectivity index (χ4n) is 3.32. The lowest BCUT2D eigenvalue weighted by Crippen LogP contribution is -2.28. The molecule has 0 spiro atoms. The molecule has 2 aromatic rings. The predicted molar refractivity (Wildman–Crippen MR) is 102 cm³/mol. The van der Waals surface area contributed by atoms with E-state index in [0.717, 1.165) is 0 Å². The number of carboxylic acid groups (broad SMARTS) is 1. The number of hydrogen-bond acceptors (Lipinski definition) is 4. The molecule has 154 valence electrons. The second kappa shape index (κ2) is 8.85. The summed E-state index contributed by atoms with van der Waals surface area (Å²) in [6.07, 6.45) is 2.02. The summed E-state index contributed by atoms with van der Waals surface area (Å²) in [4.78, 5) is 28.1. The third-order valence-corrected chi connectivity index (χ3v) is 4.80. The van der Waals surface area contributed by atoms with E-state index in [1.807, 2.05) is 0 Å². The molecule has 1 aromatic heterocycles. The van der Waals surface area contributed by atoms with Gasteiger partial charge in [0.25, 0.3) is 0 Å². The molecule has 29 heavy (non-hydrogen) atoms. The molecule has 1 aliphatic rings. The van der Waals surface area contributed by atoms with Crippen molar-refractivity contribution >= 4 is 17.7 Å². The minimum atomic E-state index is -2.98. The molecule has 9 heteroatoms. The van der Waals surface area contributed by atoms with Gasteiger partial charge in [-0.2, -0.15) is 8.78 Å². The molecule has 3 N–H and O–H groups in total. The van der Waals surface area contributed by atoms with Gasteiger partial charge in [-0.15, -0.1) is 0 Å². The molecule has 2 atom stereocenters. The summed E-state index contributed by atoms with van der Waals surface area (Å²) in [7, 11) is 0. The third-order valence-electron chi connectivity index (χ3n) is 4.80. The highest BCUT2D eigenvalue weighted by molar-refractivity contribution is 5.97. The second-order valence-electron chi connectivity index (χ2n) is 6.88. The molecule has 0 unspecified atom stereocenters. The number of pyridine rings is 1. The second-order valence-corrected chi connectivity index (χ2v) is 6.88. The number of ether oxygens (including phenoxy) is 1. The van der Waals surface area contributed by atoms with Gasteiger partial charge in [0.05, 0.1) is 17.4 Å². The van der Waals surface area contributed by atoms with Crippen LogP contribution in [-0.2, 0) is 4.79 Å². The Labute approximate surface area is 166 Å². The van der Waals surface area contributed by atoms with Gasteiger partial charge in [0, 0.05) is 23.7 Å². The van der Waals surface area contributed by atoms with Gasteiger partial charge in [0.15, 0.2) is 0 Å². The van der Waals surface area contributed by atoms with Crippen LogP contribution in [0.5, 0.6) is 5.75 Å². The lowest BCUT2D eigenvalue weighted by molar-refractivity contribution is -0.119. The van der Waals surface area contributed by atoms with E-state index in [4.69, 9.17) is 5.11 Å². The number of nitrogens with one attached hydrogen (secondary N) is 2. The lowest BCUT2D eigenvalue weighted by atomic mass is 9.95. The average molecular weight is 405 g/mol. The van der Waals surface area contributed by atoms with Crippen LogP contribution in [0.3, 0.4) is 0 Å². The van der Waals surface area contributed by atoms with E-state index in [0.29, 0.717) is 41.8 Å². The van der Waals surface area contributed by atoms with Crippen LogP contribution in [0.2, 0.25) is 0 Å². The number of carbonyl (C=O) groups is 2. The van der Waals surface area contributed by atoms with Gasteiger partial charge in [-0.1, -0.05) is 13.3 Å². The average Bonchev–Trinajstić information content (AvgIpc) is 2.66. The molecule has 1 aliphatic heterocycles. The maximum atomic E-state index is 12.6. The van der Waals surface area contributed by atoms with Crippen molar-refractivity contribution in [2.24, 2.45) is 5.92 Å². The number of rotatable bonds is 3. The molecule has 2 bridgehead atoms. The Morgan fingerprint density at radius 3 is 2.83 bits per heavy atom. The van der Waals surface area contributed by atoms with Crippen molar-refractivity contribution in [1.82, 2.24) is 10.3 Å². The normalized spacial score (nSPS) is 19.4. The van der Waals surface area contributed by atoms with E-state index >= 15 is 0 Å². The zero-order chi connectivity index (χ0) is 21.0. The number of carbonyl (C=O) groups excluding carboxylic acids is 1. The van der Waals surface area contributed by atoms with Gasteiger partial charge >= 0.3 is 12.7 Å². The van der Waals surface area contributed by atoms with E-state index in [9.17, 15) is 18.4 Å². The van der Waals surface area contributed by atoms with Crippen molar-refractivity contribution in [3.8, 4) is 16.9 Å². The van der Waals surface area contributed by atoms with E-state index in [2.05, 4.69) is 20.4 Å². The van der Waals surface area contributed by atoms with E-state index in [1.165, 1.54) is 12.1 Å². The highest BCUT2D eigenvalue weighted by Crippen LogP contribution is 2.34. The van der Waals surface area contributed by atoms with E-state index in [-0.39, 0.29) is 17.6 Å². The molecular weight excluding hydrogens is 384 g/mol. The van der Waals surface area contributed by atoms with Gasteiger partial charge in [-0.05, 0) is 42.7 Å². The Balaban J connectivity index is 2.09. The van der Waals surface area contributed by atoms with Crippen LogP contribution < -0.4 is 15.4 Å². The number of aromatic nitrogens is 1. The highest BCUT2D eigenvalue weighted by Gasteiger charge is 2.22. The fourth-order valence-corrected chi connectivity index (χ4v) is 3.32. The first-order valence-electron chi connectivity index (χ1n) is 9.19. The Morgan fingerprint density at radius 2 is 2.10 bits per heavy atom. The smallest absolute Gasteiger partial charge is 0.405 e. The molecular formula is C20H21F2N3O4. The van der Waals surface area contributed by atoms with Crippen LogP contribution >= 0.6 is 0 Å². The predicted octanol–water partition coefficient (Wildman–Crippen LogP) is 4.42. The third kappa shape index (κ3) is 5.18. The molecule has 0 saturated heterocycles. The summed E-state index contributed by atoms with van der Waals surface area (Å²) in [6.45, 7) is -1.22. The zero-order valence-corrected chi connectivity index (χ0v) is 15.7. The van der Waals surface area contributed by atoms with Crippen molar-refractivity contribution < 1.29 is 28.2 Å². The number of fused-ring (bicyclic) bond motifs is 4. The van der Waals surface area contributed by atoms with Crippen LogP contribution in [0, 0.1) is 5.92 Å². The molecule has 2 amide bonds. The Hall–Kier alpha value is -3.23. The van der Waals surface area contributed by atoms with Gasteiger partial charge in [0.1, 0.15) is 5.75 Å². The van der Waals surface area contributed by atoms with Gasteiger partial charge < -0.3 is 20.5 Å². The van der Waals surface area contributed by atoms with Crippen LogP contribution in [-0.4, -0.2) is 28.7 Å². The molecule has 2 heterocycles. The van der Waals surface area contributed by atoms with Crippen LogP contribution in [0.25, 0.3) is 11.1 Å². The molecule has 7 nitrogen and oxygen atoms in total. The summed E-state index contributed by atoms with van der Waals surface area (Å²) in [5.41, 5.74) is 2.13. The number of halogens is 2. The molecule has 1 aromatic carbocycles. The number of benzene rings is 1. The monoisotopic (exact) mass is 405 g/mol. The van der Waals surface area contributed by atoms with Gasteiger partial charge in [-0.25, -0.2) is 4.79 Å². The molecule has 3 rings (SSSR count). The first-order chi connectivity index (χ1) is 13.8. The number of hydrogen-bond donors (Lipinski definition) is 3. The number of nitrogens with zero attached hydrogens (tertiary/aromatic N) is 1. The lowest BCUT2D eigenvalue weighted by Gasteiger charge is -2.21. The Morgan fingerprint density at radius 1 is 1.31 bits per heavy atom. The first kappa shape index (κ1) is 20.5. The summed E-state index contributed by atoms with van der Waals surface area (Å²) in [5.74, 6) is -0.671. The minimum Gasteiger partial charge on any atom is -0.465 e. The summed E-state index contributed by atoms with van der Waals surface area (Å²) in [6, 6.07) is 7.22. The molecule has 0 fully saturated rings. The molecule has 0 saturated carbocycles. The van der Waals surface area contributed by atoms with Crippen molar-refractivity contribution in [3.05, 3.63) is 42.2 Å². The topological polar surface area (TPSA) is 101 Å². The zero-order valence-electron chi connectivity index (χ0n) is 15.7. The Bertz CT molecular complexity index is 907. The largest absolute Gasteiger partial charge is 0.465 e. The minimum absolute atomic E-state index is 0.0708. The maximum absolute atomic E-state index is 12.6. The first-order valence-corrected chi connectivity index (χ1v) is 9.19. The summed E-state index contributed by atoms with van der Waals surface area (Å²) >= 11 is 0. The van der Waals surface area contributed by atoms with Crippen molar-refractivity contribution in [2.45, 2.75) is 38.8 Å². The SMILES string of the molecule is C[C@@H]1CCC[C@H](NC(=O)O)c2cc(ccn2)-c2ccc(OC(F)F)cc2NC1=O. The van der Waals surface area contributed by atoms with E-state index < -0.39 is 18.7 Å². The highest BCUT2D eigenvalue weighted by atomic mass is 19.3. The fraction of sp³-hybridized carbons (Fsp3) is 0.350. The van der Waals surface area contributed by atoms with Crippen molar-refractivity contribution in [3.63, 3.8) is 0 Å². The van der Waals surface area contributed by atoms with Crippen LogP contribution in [0.15, 0.2) is 36.5 Å². The van der Waals surface area contributed by atoms with Gasteiger partial charge in [-0.3, -0.25) is 9.78 Å². The number of alkyl halides is 2. The maximum Gasteiger partial charge on any atom is 0.405 e. The quantitative estimate of drug-likeness (QED) is 0.702. The summed E-state index contributed by atoms with van der Waals surface area (Å²) < 4.78 is 29.7. The van der Waals surface area contributed by atoms with Crippen molar-refractivity contribution in [2.75, 3.05) is 5.32 Å². The van der Waals surface area contributed by atoms with Gasteiger partial charge in [0.2, 0.25) is 5.91 Å². The van der Waals surface area contributed by atoms with Crippen LogP contribution in [0.1, 0.15) is 37.9 Å². The summed E-state index contributed by atoms with van der Waals surface area (Å²) in [5, 5.41) is 14.4. The molecule has 0 radical (unpaired) electrons. The Kier molecular flexibility index (Phi) is 6.26. The number of anilines is 1. The molecule has 0 aliphatic carbocycles. The van der Waals surface area contributed by atoms with Crippen molar-refractivity contribution in [1.29, 1.82) is 0 Å². The standard InChI is InChI=1S/C20H21F2N3O4/c1-11-3-2-4-15(25-20(27)28)17-9-12(7-8-23-17)14-6-5-13(29-19(21)22)10-16(14)24-18(11)26/h5-11,15,19,25H,2-4H2,1H3,(H,24,26)(H,27,28)/t11-,15+/m1/s1. The van der Waals surface area contributed by atoms with Crippen LogP contribution in [0.4, 0.5) is 19.3 Å². The number of amides is 2.